The van der Waals surface area contributed by atoms with E-state index in [0.29, 0.717) is 21.3 Å². The average Bonchev–Trinajstić information content (AvgIpc) is 2.51. The molecule has 0 heterocycles. The van der Waals surface area contributed by atoms with Crippen LogP contribution in [-0.2, 0) is 4.79 Å². The van der Waals surface area contributed by atoms with Crippen LogP contribution in [0.25, 0.3) is 6.08 Å². The second kappa shape index (κ2) is 7.32. The molecule has 116 valence electrons. The summed E-state index contributed by atoms with van der Waals surface area (Å²) in [4.78, 5) is 12.4. The average molecular weight is 345 g/mol. The van der Waals surface area contributed by atoms with Crippen molar-refractivity contribution in [1.29, 1.82) is 5.26 Å². The summed E-state index contributed by atoms with van der Waals surface area (Å²) in [5.74, 6) is -0.499. The van der Waals surface area contributed by atoms with Gasteiger partial charge in [0.2, 0.25) is 0 Å². The predicted molar refractivity (Wildman–Crippen MR) is 94.6 cm³/mol. The number of benzene rings is 2. The maximum Gasteiger partial charge on any atom is 0.266 e. The first-order valence-corrected chi connectivity index (χ1v) is 7.63. The molecule has 1 amide bonds. The molecule has 0 atom stereocenters. The van der Waals surface area contributed by atoms with Gasteiger partial charge in [0.25, 0.3) is 5.91 Å². The molecule has 0 spiro atoms. The highest BCUT2D eigenvalue weighted by Crippen LogP contribution is 2.27. The molecule has 0 unspecified atom stereocenters. The quantitative estimate of drug-likeness (QED) is 0.617. The number of nitrogens with zero attached hydrogens (tertiary/aromatic N) is 1. The molecule has 0 saturated heterocycles. The standard InChI is InChI=1S/C18H14Cl2N2O/c1-11-5-3-6-12(2)17(11)22-18(23)13(10-21)9-14-15(19)7-4-8-16(14)20/h3-9H,1-2H3,(H,22,23)/b13-9+. The normalized spacial score (nSPS) is 11.0. The van der Waals surface area contributed by atoms with Crippen LogP contribution >= 0.6 is 23.2 Å². The Hall–Kier alpha value is -2.28. The molecule has 0 radical (unpaired) electrons. The zero-order chi connectivity index (χ0) is 17.0. The summed E-state index contributed by atoms with van der Waals surface area (Å²) in [6.45, 7) is 3.78. The van der Waals surface area contributed by atoms with Crippen LogP contribution in [0.3, 0.4) is 0 Å². The van der Waals surface area contributed by atoms with Gasteiger partial charge in [-0.2, -0.15) is 5.26 Å². The fourth-order valence-corrected chi connectivity index (χ4v) is 2.64. The zero-order valence-corrected chi connectivity index (χ0v) is 14.2. The van der Waals surface area contributed by atoms with Crippen molar-refractivity contribution in [1.82, 2.24) is 0 Å². The number of nitriles is 1. The molecule has 5 heteroatoms. The van der Waals surface area contributed by atoms with Gasteiger partial charge < -0.3 is 5.32 Å². The molecule has 2 rings (SSSR count). The minimum atomic E-state index is -0.499. The highest BCUT2D eigenvalue weighted by atomic mass is 35.5. The van der Waals surface area contributed by atoms with E-state index < -0.39 is 5.91 Å². The molecule has 1 N–H and O–H groups in total. The van der Waals surface area contributed by atoms with Gasteiger partial charge in [-0.15, -0.1) is 0 Å². The third kappa shape index (κ3) is 3.92. The third-order valence-corrected chi connectivity index (χ3v) is 4.03. The highest BCUT2D eigenvalue weighted by molar-refractivity contribution is 6.37. The van der Waals surface area contributed by atoms with Crippen molar-refractivity contribution in [2.75, 3.05) is 5.32 Å². The Morgan fingerprint density at radius 3 is 2.13 bits per heavy atom. The van der Waals surface area contributed by atoms with Crippen molar-refractivity contribution in [3.05, 3.63) is 68.7 Å². The second-order valence-corrected chi connectivity index (χ2v) is 5.84. The fraction of sp³-hybridized carbons (Fsp3) is 0.111. The molecule has 2 aromatic carbocycles. The third-order valence-electron chi connectivity index (χ3n) is 3.37. The van der Waals surface area contributed by atoms with Gasteiger partial charge in [0.15, 0.2) is 0 Å². The van der Waals surface area contributed by atoms with E-state index in [2.05, 4.69) is 5.32 Å². The summed E-state index contributed by atoms with van der Waals surface area (Å²) >= 11 is 12.2. The van der Waals surface area contributed by atoms with Crippen LogP contribution in [0.15, 0.2) is 42.0 Å². The molecule has 0 bridgehead atoms. The Balaban J connectivity index is 2.37. The Morgan fingerprint density at radius 2 is 1.61 bits per heavy atom. The monoisotopic (exact) mass is 344 g/mol. The molecule has 0 saturated carbocycles. The van der Waals surface area contributed by atoms with Crippen molar-refractivity contribution in [3.63, 3.8) is 0 Å². The Kier molecular flexibility index (Phi) is 5.44. The molecule has 0 fully saturated rings. The number of nitrogens with one attached hydrogen (secondary N) is 1. The van der Waals surface area contributed by atoms with Crippen LogP contribution in [0, 0.1) is 25.2 Å². The molecular weight excluding hydrogens is 331 g/mol. The minimum absolute atomic E-state index is 0.0670. The van der Waals surface area contributed by atoms with E-state index in [9.17, 15) is 10.1 Å². The van der Waals surface area contributed by atoms with Gasteiger partial charge in [-0.25, -0.2) is 0 Å². The maximum atomic E-state index is 12.4. The van der Waals surface area contributed by atoms with Crippen LogP contribution in [0.5, 0.6) is 0 Å². The topological polar surface area (TPSA) is 52.9 Å². The number of hydrogen-bond acceptors (Lipinski definition) is 2. The molecular formula is C18H14Cl2N2O. The Labute approximate surface area is 145 Å². The summed E-state index contributed by atoms with van der Waals surface area (Å²) in [7, 11) is 0. The van der Waals surface area contributed by atoms with Gasteiger partial charge in [-0.05, 0) is 43.2 Å². The summed E-state index contributed by atoms with van der Waals surface area (Å²) in [5, 5.41) is 12.8. The zero-order valence-electron chi connectivity index (χ0n) is 12.7. The Morgan fingerprint density at radius 1 is 1.09 bits per heavy atom. The SMILES string of the molecule is Cc1cccc(C)c1NC(=O)/C(C#N)=C/c1c(Cl)cccc1Cl. The number of para-hydroxylation sites is 1. The number of hydrogen-bond donors (Lipinski definition) is 1. The lowest BCUT2D eigenvalue weighted by Crippen LogP contribution is -2.15. The summed E-state index contributed by atoms with van der Waals surface area (Å²) < 4.78 is 0. The van der Waals surface area contributed by atoms with E-state index in [4.69, 9.17) is 23.2 Å². The van der Waals surface area contributed by atoms with E-state index in [-0.39, 0.29) is 5.57 Å². The number of carbonyl (C=O) groups excluding carboxylic acids is 1. The lowest BCUT2D eigenvalue weighted by Gasteiger charge is -2.11. The number of amides is 1. The Bertz CT molecular complexity index is 795. The largest absolute Gasteiger partial charge is 0.321 e. The van der Waals surface area contributed by atoms with E-state index in [1.54, 1.807) is 18.2 Å². The van der Waals surface area contributed by atoms with Gasteiger partial charge in [0, 0.05) is 21.3 Å². The number of halogens is 2. The van der Waals surface area contributed by atoms with E-state index in [0.717, 1.165) is 11.1 Å². The predicted octanol–water partition coefficient (Wildman–Crippen LogP) is 5.16. The first-order valence-electron chi connectivity index (χ1n) is 6.87. The lowest BCUT2D eigenvalue weighted by molar-refractivity contribution is -0.112. The number of aryl methyl sites for hydroxylation is 2. The van der Waals surface area contributed by atoms with Crippen LogP contribution in [-0.4, -0.2) is 5.91 Å². The van der Waals surface area contributed by atoms with Crippen LogP contribution in [0.4, 0.5) is 5.69 Å². The van der Waals surface area contributed by atoms with Crippen molar-refractivity contribution in [2.24, 2.45) is 0 Å². The van der Waals surface area contributed by atoms with Crippen molar-refractivity contribution in [2.45, 2.75) is 13.8 Å². The number of rotatable bonds is 3. The summed E-state index contributed by atoms with van der Waals surface area (Å²) in [6, 6.07) is 12.6. The maximum absolute atomic E-state index is 12.4. The van der Waals surface area contributed by atoms with Crippen molar-refractivity contribution in [3.8, 4) is 6.07 Å². The molecule has 0 aliphatic rings. The van der Waals surface area contributed by atoms with Crippen molar-refractivity contribution < 1.29 is 4.79 Å². The van der Waals surface area contributed by atoms with Crippen LogP contribution in [0.2, 0.25) is 10.0 Å². The summed E-state index contributed by atoms with van der Waals surface area (Å²) in [6.07, 6.45) is 1.40. The first-order chi connectivity index (χ1) is 10.9. The lowest BCUT2D eigenvalue weighted by atomic mass is 10.1. The molecule has 0 aromatic heterocycles. The molecule has 23 heavy (non-hydrogen) atoms. The fourth-order valence-electron chi connectivity index (χ4n) is 2.13. The van der Waals surface area contributed by atoms with Gasteiger partial charge in [0.05, 0.1) is 0 Å². The van der Waals surface area contributed by atoms with E-state index >= 15 is 0 Å². The number of carbonyl (C=O) groups is 1. The molecule has 0 aliphatic heterocycles. The van der Waals surface area contributed by atoms with Gasteiger partial charge in [-0.3, -0.25) is 4.79 Å². The highest BCUT2D eigenvalue weighted by Gasteiger charge is 2.14. The van der Waals surface area contributed by atoms with Gasteiger partial charge >= 0.3 is 0 Å². The number of anilines is 1. The smallest absolute Gasteiger partial charge is 0.266 e. The van der Waals surface area contributed by atoms with Gasteiger partial charge in [-0.1, -0.05) is 47.5 Å². The first kappa shape index (κ1) is 17.1. The van der Waals surface area contributed by atoms with E-state index in [1.807, 2.05) is 38.1 Å². The summed E-state index contributed by atoms with van der Waals surface area (Å²) in [5.41, 5.74) is 2.92. The van der Waals surface area contributed by atoms with Crippen LogP contribution in [0.1, 0.15) is 16.7 Å². The second-order valence-electron chi connectivity index (χ2n) is 5.03. The van der Waals surface area contributed by atoms with Gasteiger partial charge in [0.1, 0.15) is 11.6 Å². The molecule has 3 nitrogen and oxygen atoms in total. The minimum Gasteiger partial charge on any atom is -0.321 e. The van der Waals surface area contributed by atoms with Crippen molar-refractivity contribution >= 4 is 40.9 Å². The van der Waals surface area contributed by atoms with E-state index in [1.165, 1.54) is 6.08 Å². The molecule has 0 aliphatic carbocycles. The van der Waals surface area contributed by atoms with Crippen LogP contribution < -0.4 is 5.32 Å². The molecule has 2 aromatic rings.